The van der Waals surface area contributed by atoms with Gasteiger partial charge < -0.3 is 9.15 Å². The van der Waals surface area contributed by atoms with Gasteiger partial charge in [-0.1, -0.05) is 13.0 Å². The van der Waals surface area contributed by atoms with E-state index in [-0.39, 0.29) is 17.9 Å². The third-order valence-electron chi connectivity index (χ3n) is 6.45. The van der Waals surface area contributed by atoms with E-state index in [0.29, 0.717) is 17.9 Å². The van der Waals surface area contributed by atoms with Gasteiger partial charge in [-0.3, -0.25) is 9.69 Å². The van der Waals surface area contributed by atoms with Crippen molar-refractivity contribution in [1.82, 2.24) is 15.3 Å². The van der Waals surface area contributed by atoms with Crippen LogP contribution >= 0.6 is 0 Å². The summed E-state index contributed by atoms with van der Waals surface area (Å²) >= 11 is 0. The Morgan fingerprint density at radius 2 is 1.91 bits per heavy atom. The molecule has 7 nitrogen and oxygen atoms in total. The van der Waals surface area contributed by atoms with Crippen LogP contribution in [0.25, 0.3) is 22.6 Å². The molecule has 0 spiro atoms. The topological polar surface area (TPSA) is 80.0 Å². The van der Waals surface area contributed by atoms with Gasteiger partial charge in [0.25, 0.3) is 0 Å². The van der Waals surface area contributed by atoms with E-state index in [9.17, 15) is 4.79 Å². The smallest absolute Gasteiger partial charge is 0.240 e. The highest BCUT2D eigenvalue weighted by Crippen LogP contribution is 2.28. The van der Waals surface area contributed by atoms with Gasteiger partial charge in [0.15, 0.2) is 5.58 Å². The zero-order valence-corrected chi connectivity index (χ0v) is 19.2. The van der Waals surface area contributed by atoms with Crippen LogP contribution in [0.1, 0.15) is 45.1 Å². The molecule has 0 saturated carbocycles. The van der Waals surface area contributed by atoms with Crippen LogP contribution in [0.15, 0.2) is 52.0 Å². The number of benzene rings is 2. The van der Waals surface area contributed by atoms with Crippen LogP contribution in [-0.2, 0) is 4.79 Å². The van der Waals surface area contributed by atoms with E-state index in [2.05, 4.69) is 34.3 Å². The Morgan fingerprint density at radius 3 is 2.67 bits per heavy atom. The summed E-state index contributed by atoms with van der Waals surface area (Å²) in [6, 6.07) is 13.8. The molecule has 2 aromatic carbocycles. The quantitative estimate of drug-likeness (QED) is 0.573. The number of hydrazone groups is 1. The largest absolute Gasteiger partial charge is 0.489 e. The van der Waals surface area contributed by atoms with E-state index in [1.165, 1.54) is 25.9 Å². The van der Waals surface area contributed by atoms with Gasteiger partial charge in [0, 0.05) is 30.0 Å². The Kier molecular flexibility index (Phi) is 6.13. The summed E-state index contributed by atoms with van der Waals surface area (Å²) in [6.07, 6.45) is 4.04. The first kappa shape index (κ1) is 21.6. The minimum absolute atomic E-state index is 0.0357. The highest BCUT2D eigenvalue weighted by molar-refractivity contribution is 6.07. The summed E-state index contributed by atoms with van der Waals surface area (Å²) in [4.78, 5) is 18.8. The molecule has 1 fully saturated rings. The molecule has 2 aliphatic heterocycles. The van der Waals surface area contributed by atoms with Crippen molar-refractivity contribution in [2.45, 2.75) is 45.6 Å². The number of carbonyl (C=O) groups excluding carboxylic acids is 1. The first-order valence-corrected chi connectivity index (χ1v) is 11.9. The minimum Gasteiger partial charge on any atom is -0.489 e. The molecule has 1 N–H and O–H groups in total. The van der Waals surface area contributed by atoms with E-state index in [0.717, 1.165) is 41.1 Å². The third kappa shape index (κ3) is 4.78. The molecular formula is C26H30N4O3. The van der Waals surface area contributed by atoms with Crippen LogP contribution in [0.2, 0.25) is 0 Å². The van der Waals surface area contributed by atoms with Crippen LogP contribution in [0, 0.1) is 5.92 Å². The number of carbonyl (C=O) groups is 1. The van der Waals surface area contributed by atoms with Crippen molar-refractivity contribution in [3.05, 3.63) is 48.0 Å². The fourth-order valence-corrected chi connectivity index (χ4v) is 4.70. The summed E-state index contributed by atoms with van der Waals surface area (Å²) in [5.41, 5.74) is 6.84. The van der Waals surface area contributed by atoms with E-state index in [1.807, 2.05) is 42.5 Å². The molecular weight excluding hydrogens is 416 g/mol. The van der Waals surface area contributed by atoms with Crippen molar-refractivity contribution >= 4 is 22.7 Å². The minimum atomic E-state index is -0.0357. The number of likely N-dealkylation sites (tertiary alicyclic amines) is 1. The van der Waals surface area contributed by atoms with Crippen LogP contribution < -0.4 is 10.2 Å². The number of oxazole rings is 1. The molecule has 3 aromatic rings. The molecule has 2 unspecified atom stereocenters. The van der Waals surface area contributed by atoms with Gasteiger partial charge in [0.2, 0.25) is 11.8 Å². The van der Waals surface area contributed by atoms with E-state index in [1.54, 1.807) is 0 Å². The lowest BCUT2D eigenvalue weighted by Gasteiger charge is -2.21. The number of rotatable bonds is 7. The maximum atomic E-state index is 11.7. The lowest BCUT2D eigenvalue weighted by molar-refractivity contribution is -0.122. The van der Waals surface area contributed by atoms with Crippen LogP contribution in [0.5, 0.6) is 5.75 Å². The standard InChI is InChI=1S/C26H30N4O3/c1-3-18-15-24(31)28-29-25(18)20-8-11-22-23(14-20)33-26(27-22)19-6-9-21(10-7-19)32-17(2)16-30-12-4-5-13-30/h6-11,14,17-18H,3-5,12-13,15-16H2,1-2H3,(H,28,31). The first-order valence-electron chi connectivity index (χ1n) is 11.9. The molecule has 5 rings (SSSR count). The predicted molar refractivity (Wildman–Crippen MR) is 128 cm³/mol. The molecule has 172 valence electrons. The molecule has 2 atom stereocenters. The van der Waals surface area contributed by atoms with Gasteiger partial charge in [0.1, 0.15) is 17.4 Å². The van der Waals surface area contributed by atoms with Gasteiger partial charge in [-0.2, -0.15) is 5.10 Å². The van der Waals surface area contributed by atoms with Gasteiger partial charge in [0.05, 0.1) is 5.71 Å². The molecule has 1 aromatic heterocycles. The monoisotopic (exact) mass is 446 g/mol. The fourth-order valence-electron chi connectivity index (χ4n) is 4.70. The second-order valence-corrected chi connectivity index (χ2v) is 9.00. The van der Waals surface area contributed by atoms with E-state index in [4.69, 9.17) is 9.15 Å². The van der Waals surface area contributed by atoms with Crippen LogP contribution in [0.3, 0.4) is 0 Å². The van der Waals surface area contributed by atoms with Crippen molar-refractivity contribution < 1.29 is 13.9 Å². The van der Waals surface area contributed by atoms with Crippen molar-refractivity contribution in [1.29, 1.82) is 0 Å². The molecule has 7 heteroatoms. The number of hydrogen-bond acceptors (Lipinski definition) is 6. The Morgan fingerprint density at radius 1 is 1.15 bits per heavy atom. The van der Waals surface area contributed by atoms with Gasteiger partial charge in [-0.25, -0.2) is 10.4 Å². The van der Waals surface area contributed by atoms with E-state index < -0.39 is 0 Å². The Labute approximate surface area is 193 Å². The molecule has 1 amide bonds. The van der Waals surface area contributed by atoms with Gasteiger partial charge in [-0.05, 0) is 75.7 Å². The fraction of sp³-hybridized carbons (Fsp3) is 0.423. The van der Waals surface area contributed by atoms with Gasteiger partial charge >= 0.3 is 0 Å². The van der Waals surface area contributed by atoms with Crippen molar-refractivity contribution in [2.24, 2.45) is 11.0 Å². The van der Waals surface area contributed by atoms with Crippen molar-refractivity contribution in [2.75, 3.05) is 19.6 Å². The molecule has 2 aliphatic rings. The summed E-state index contributed by atoms with van der Waals surface area (Å²) in [7, 11) is 0. The molecule has 33 heavy (non-hydrogen) atoms. The van der Waals surface area contributed by atoms with Crippen LogP contribution in [-0.4, -0.2) is 47.2 Å². The van der Waals surface area contributed by atoms with Crippen molar-refractivity contribution in [3.63, 3.8) is 0 Å². The third-order valence-corrected chi connectivity index (χ3v) is 6.45. The molecule has 0 radical (unpaired) electrons. The number of hydrogen-bond donors (Lipinski definition) is 1. The SMILES string of the molecule is CCC1CC(=O)NN=C1c1ccc2nc(-c3ccc(OC(C)CN4CCCC4)cc3)oc2c1. The maximum Gasteiger partial charge on any atom is 0.240 e. The second-order valence-electron chi connectivity index (χ2n) is 9.00. The Hall–Kier alpha value is -3.19. The maximum absolute atomic E-state index is 11.7. The Bertz CT molecular complexity index is 1160. The number of fused-ring (bicyclic) bond motifs is 1. The zero-order valence-electron chi connectivity index (χ0n) is 19.2. The first-order chi connectivity index (χ1) is 16.1. The summed E-state index contributed by atoms with van der Waals surface area (Å²) in [6.45, 7) is 7.50. The number of nitrogens with one attached hydrogen (secondary N) is 1. The number of nitrogens with zero attached hydrogens (tertiary/aromatic N) is 3. The highest BCUT2D eigenvalue weighted by Gasteiger charge is 2.24. The lowest BCUT2D eigenvalue weighted by atomic mass is 9.90. The molecule has 3 heterocycles. The zero-order chi connectivity index (χ0) is 22.8. The van der Waals surface area contributed by atoms with E-state index >= 15 is 0 Å². The normalized spacial score (nSPS) is 20.0. The number of amides is 1. The average Bonchev–Trinajstić information content (AvgIpc) is 3.48. The van der Waals surface area contributed by atoms with Gasteiger partial charge in [-0.15, -0.1) is 0 Å². The lowest BCUT2D eigenvalue weighted by Crippen LogP contribution is -2.33. The highest BCUT2D eigenvalue weighted by atomic mass is 16.5. The summed E-state index contributed by atoms with van der Waals surface area (Å²) in [5, 5.41) is 4.31. The van der Waals surface area contributed by atoms with Crippen LogP contribution in [0.4, 0.5) is 0 Å². The average molecular weight is 447 g/mol. The number of ether oxygens (including phenoxy) is 1. The summed E-state index contributed by atoms with van der Waals surface area (Å²) < 4.78 is 12.2. The molecule has 0 aliphatic carbocycles. The molecule has 1 saturated heterocycles. The second kappa shape index (κ2) is 9.35. The predicted octanol–water partition coefficient (Wildman–Crippen LogP) is 4.61. The number of aromatic nitrogens is 1. The molecule has 0 bridgehead atoms. The Balaban J connectivity index is 1.31. The summed E-state index contributed by atoms with van der Waals surface area (Å²) in [5.74, 6) is 1.50. The van der Waals surface area contributed by atoms with Crippen molar-refractivity contribution in [3.8, 4) is 17.2 Å².